The molecule has 0 fully saturated rings. The maximum Gasteiger partial charge on any atom is 0.223 e. The van der Waals surface area contributed by atoms with E-state index >= 15 is 0 Å². The first kappa shape index (κ1) is 12.3. The summed E-state index contributed by atoms with van der Waals surface area (Å²) in [4.78, 5) is 17.6. The number of carbonyl (C=O) groups is 1. The molecular formula is C16H20N2O. The van der Waals surface area contributed by atoms with Crippen molar-refractivity contribution in [3.8, 4) is 0 Å². The fraction of sp³-hybridized carbons (Fsp3) is 0.438. The molecule has 0 saturated heterocycles. The third-order valence-electron chi connectivity index (χ3n) is 3.82. The molecule has 19 heavy (non-hydrogen) atoms. The lowest BCUT2D eigenvalue weighted by atomic mass is 10.0. The van der Waals surface area contributed by atoms with Crippen LogP contribution in [0.4, 0.5) is 0 Å². The highest BCUT2D eigenvalue weighted by atomic mass is 16.2. The maximum atomic E-state index is 12.1. The van der Waals surface area contributed by atoms with Crippen LogP contribution in [0.1, 0.15) is 31.5 Å². The van der Waals surface area contributed by atoms with Gasteiger partial charge < -0.3 is 9.88 Å². The Balaban J connectivity index is 1.86. The minimum Gasteiger partial charge on any atom is -0.357 e. The minimum absolute atomic E-state index is 0.277. The molecule has 2 heterocycles. The maximum absolute atomic E-state index is 12.1. The molecule has 0 atom stereocenters. The first-order valence-corrected chi connectivity index (χ1v) is 7.01. The topological polar surface area (TPSA) is 36.1 Å². The summed E-state index contributed by atoms with van der Waals surface area (Å²) >= 11 is 0. The number of hydrogen-bond acceptors (Lipinski definition) is 1. The Labute approximate surface area is 113 Å². The molecule has 1 amide bonds. The van der Waals surface area contributed by atoms with Gasteiger partial charge in [0.2, 0.25) is 5.91 Å². The molecule has 1 aliphatic rings. The predicted molar refractivity (Wildman–Crippen MR) is 76.9 cm³/mol. The van der Waals surface area contributed by atoms with Gasteiger partial charge in [-0.2, -0.15) is 0 Å². The van der Waals surface area contributed by atoms with E-state index in [1.807, 2.05) is 11.0 Å². The summed E-state index contributed by atoms with van der Waals surface area (Å²) < 4.78 is 0. The number of fused-ring (bicyclic) bond motifs is 3. The Kier molecular flexibility index (Phi) is 3.05. The van der Waals surface area contributed by atoms with Gasteiger partial charge in [-0.3, -0.25) is 4.79 Å². The highest BCUT2D eigenvalue weighted by molar-refractivity contribution is 5.85. The molecule has 1 N–H and O–H groups in total. The second-order valence-corrected chi connectivity index (χ2v) is 5.79. The van der Waals surface area contributed by atoms with Crippen molar-refractivity contribution in [3.05, 3.63) is 35.5 Å². The Morgan fingerprint density at radius 2 is 2.16 bits per heavy atom. The molecular weight excluding hydrogens is 236 g/mol. The SMILES string of the molecule is CC(C)CC(=O)N1CCc2c([nH]c3ccccc23)C1. The van der Waals surface area contributed by atoms with Crippen LogP contribution >= 0.6 is 0 Å². The zero-order valence-corrected chi connectivity index (χ0v) is 11.6. The monoisotopic (exact) mass is 256 g/mol. The van der Waals surface area contributed by atoms with Crippen LogP contribution < -0.4 is 0 Å². The first-order chi connectivity index (χ1) is 9.15. The van der Waals surface area contributed by atoms with Crippen molar-refractivity contribution in [2.45, 2.75) is 33.2 Å². The summed E-state index contributed by atoms with van der Waals surface area (Å²) in [5.41, 5.74) is 3.79. The number of amides is 1. The number of aromatic nitrogens is 1. The largest absolute Gasteiger partial charge is 0.357 e. The summed E-state index contributed by atoms with van der Waals surface area (Å²) in [5, 5.41) is 1.31. The number of H-pyrrole nitrogens is 1. The molecule has 0 radical (unpaired) electrons. The van der Waals surface area contributed by atoms with Gasteiger partial charge >= 0.3 is 0 Å². The van der Waals surface area contributed by atoms with E-state index in [9.17, 15) is 4.79 Å². The van der Waals surface area contributed by atoms with E-state index in [1.165, 1.54) is 22.2 Å². The van der Waals surface area contributed by atoms with E-state index in [0.29, 0.717) is 12.3 Å². The Morgan fingerprint density at radius 1 is 1.37 bits per heavy atom. The highest BCUT2D eigenvalue weighted by Gasteiger charge is 2.23. The zero-order chi connectivity index (χ0) is 13.4. The standard InChI is InChI=1S/C16H20N2O/c1-11(2)9-16(19)18-8-7-13-12-5-3-4-6-14(12)17-15(13)10-18/h3-6,11,17H,7-10H2,1-2H3. The van der Waals surface area contributed by atoms with Gasteiger partial charge in [-0.1, -0.05) is 32.0 Å². The van der Waals surface area contributed by atoms with Crippen LogP contribution in [0.5, 0.6) is 0 Å². The molecule has 0 bridgehead atoms. The number of benzene rings is 1. The van der Waals surface area contributed by atoms with Gasteiger partial charge in [-0.25, -0.2) is 0 Å². The Morgan fingerprint density at radius 3 is 2.95 bits per heavy atom. The van der Waals surface area contributed by atoms with Crippen LogP contribution in [0.3, 0.4) is 0 Å². The van der Waals surface area contributed by atoms with Crippen LogP contribution in [-0.2, 0) is 17.8 Å². The van der Waals surface area contributed by atoms with Crippen molar-refractivity contribution in [2.24, 2.45) is 5.92 Å². The summed E-state index contributed by atoms with van der Waals surface area (Å²) in [7, 11) is 0. The molecule has 0 aliphatic carbocycles. The van der Waals surface area contributed by atoms with Crippen molar-refractivity contribution in [2.75, 3.05) is 6.54 Å². The molecule has 3 nitrogen and oxygen atoms in total. The quantitative estimate of drug-likeness (QED) is 0.880. The molecule has 100 valence electrons. The molecule has 0 spiro atoms. The number of nitrogens with zero attached hydrogens (tertiary/aromatic N) is 1. The van der Waals surface area contributed by atoms with Crippen LogP contribution in [0.25, 0.3) is 10.9 Å². The van der Waals surface area contributed by atoms with Gasteiger partial charge in [0.05, 0.1) is 6.54 Å². The lowest BCUT2D eigenvalue weighted by Crippen LogP contribution is -2.36. The number of hydrogen-bond donors (Lipinski definition) is 1. The molecule has 1 aromatic heterocycles. The lowest BCUT2D eigenvalue weighted by Gasteiger charge is -2.27. The van der Waals surface area contributed by atoms with Crippen LogP contribution in [0, 0.1) is 5.92 Å². The van der Waals surface area contributed by atoms with E-state index in [-0.39, 0.29) is 5.91 Å². The highest BCUT2D eigenvalue weighted by Crippen LogP contribution is 2.27. The molecule has 3 rings (SSSR count). The van der Waals surface area contributed by atoms with Crippen LogP contribution in [0.2, 0.25) is 0 Å². The smallest absolute Gasteiger partial charge is 0.223 e. The fourth-order valence-electron chi connectivity index (χ4n) is 2.88. The zero-order valence-electron chi connectivity index (χ0n) is 11.6. The van der Waals surface area contributed by atoms with E-state index in [0.717, 1.165) is 19.5 Å². The average Bonchev–Trinajstić information content (AvgIpc) is 2.75. The molecule has 1 aliphatic heterocycles. The fourth-order valence-corrected chi connectivity index (χ4v) is 2.88. The second-order valence-electron chi connectivity index (χ2n) is 5.79. The Hall–Kier alpha value is -1.77. The number of aromatic amines is 1. The normalized spacial score (nSPS) is 15.0. The lowest BCUT2D eigenvalue weighted by molar-refractivity contribution is -0.132. The van der Waals surface area contributed by atoms with Crippen molar-refractivity contribution in [1.82, 2.24) is 9.88 Å². The number of nitrogens with one attached hydrogen (secondary N) is 1. The van der Waals surface area contributed by atoms with Gasteiger partial charge in [0.25, 0.3) is 0 Å². The number of para-hydroxylation sites is 1. The van der Waals surface area contributed by atoms with E-state index in [4.69, 9.17) is 0 Å². The second kappa shape index (κ2) is 4.72. The van der Waals surface area contributed by atoms with Crippen molar-refractivity contribution in [3.63, 3.8) is 0 Å². The average molecular weight is 256 g/mol. The van der Waals surface area contributed by atoms with E-state index in [2.05, 4.69) is 37.0 Å². The van der Waals surface area contributed by atoms with Crippen LogP contribution in [-0.4, -0.2) is 22.3 Å². The van der Waals surface area contributed by atoms with Gasteiger partial charge in [-0.05, 0) is 24.0 Å². The van der Waals surface area contributed by atoms with E-state index < -0.39 is 0 Å². The van der Waals surface area contributed by atoms with Gasteiger partial charge in [0, 0.05) is 29.6 Å². The summed E-state index contributed by atoms with van der Waals surface area (Å²) in [6.07, 6.45) is 1.61. The van der Waals surface area contributed by atoms with Crippen molar-refractivity contribution < 1.29 is 4.79 Å². The van der Waals surface area contributed by atoms with E-state index in [1.54, 1.807) is 0 Å². The molecule has 1 aromatic carbocycles. The van der Waals surface area contributed by atoms with Crippen molar-refractivity contribution >= 4 is 16.8 Å². The third kappa shape index (κ3) is 2.25. The van der Waals surface area contributed by atoms with Crippen molar-refractivity contribution in [1.29, 1.82) is 0 Å². The number of carbonyl (C=O) groups excluding carboxylic acids is 1. The summed E-state index contributed by atoms with van der Waals surface area (Å²) in [6, 6.07) is 8.39. The molecule has 0 saturated carbocycles. The van der Waals surface area contributed by atoms with Gasteiger partial charge in [0.15, 0.2) is 0 Å². The summed E-state index contributed by atoms with van der Waals surface area (Å²) in [5.74, 6) is 0.705. The summed E-state index contributed by atoms with van der Waals surface area (Å²) in [6.45, 7) is 5.77. The number of rotatable bonds is 2. The first-order valence-electron chi connectivity index (χ1n) is 7.01. The molecule has 3 heteroatoms. The van der Waals surface area contributed by atoms with Crippen LogP contribution in [0.15, 0.2) is 24.3 Å². The predicted octanol–water partition coefficient (Wildman–Crippen LogP) is 3.10. The van der Waals surface area contributed by atoms with Gasteiger partial charge in [-0.15, -0.1) is 0 Å². The van der Waals surface area contributed by atoms with Gasteiger partial charge in [0.1, 0.15) is 0 Å². The Bertz CT molecular complexity index is 612. The molecule has 0 unspecified atom stereocenters. The third-order valence-corrected chi connectivity index (χ3v) is 3.82. The minimum atomic E-state index is 0.277. The molecule has 2 aromatic rings.